The van der Waals surface area contributed by atoms with Gasteiger partial charge in [0, 0.05) is 30.1 Å². The molecule has 100 valence electrons. The molecule has 1 saturated carbocycles. The Morgan fingerprint density at radius 3 is 2.78 bits per heavy atom. The summed E-state index contributed by atoms with van der Waals surface area (Å²) in [7, 11) is 0. The highest BCUT2D eigenvalue weighted by Crippen LogP contribution is 2.25. The topological polar surface area (TPSA) is 15.3 Å². The van der Waals surface area contributed by atoms with E-state index in [1.807, 2.05) is 0 Å². The number of halogens is 1. The van der Waals surface area contributed by atoms with E-state index >= 15 is 0 Å². The summed E-state index contributed by atoms with van der Waals surface area (Å²) in [5.41, 5.74) is 2.64. The van der Waals surface area contributed by atoms with E-state index in [0.717, 1.165) is 19.1 Å². The Kier molecular flexibility index (Phi) is 5.22. The molecular weight excluding hydrogens is 288 g/mol. The molecule has 1 aromatic rings. The van der Waals surface area contributed by atoms with Crippen LogP contribution in [0.3, 0.4) is 0 Å². The lowest BCUT2D eigenvalue weighted by Crippen LogP contribution is -2.33. The smallest absolute Gasteiger partial charge is 0.0222 e. The molecule has 1 fully saturated rings. The zero-order chi connectivity index (χ0) is 13.0. The van der Waals surface area contributed by atoms with Crippen LogP contribution in [-0.2, 0) is 6.54 Å². The highest BCUT2D eigenvalue weighted by molar-refractivity contribution is 9.10. The Hall–Kier alpha value is -0.380. The van der Waals surface area contributed by atoms with Gasteiger partial charge in [-0.2, -0.15) is 0 Å². The lowest BCUT2D eigenvalue weighted by Gasteiger charge is -2.19. The molecule has 3 heteroatoms. The molecule has 0 saturated heterocycles. The van der Waals surface area contributed by atoms with Gasteiger partial charge in [0.1, 0.15) is 0 Å². The summed E-state index contributed by atoms with van der Waals surface area (Å²) in [5, 5.41) is 3.54. The van der Waals surface area contributed by atoms with Gasteiger partial charge in [0.2, 0.25) is 0 Å². The fraction of sp³-hybridized carbons (Fsp3) is 0.600. The van der Waals surface area contributed by atoms with Gasteiger partial charge in [-0.15, -0.1) is 0 Å². The molecule has 0 heterocycles. The summed E-state index contributed by atoms with van der Waals surface area (Å²) in [6.45, 7) is 8.75. The van der Waals surface area contributed by atoms with Gasteiger partial charge in [0.25, 0.3) is 0 Å². The molecule has 0 atom stereocenters. The van der Waals surface area contributed by atoms with Crippen LogP contribution in [0.15, 0.2) is 22.7 Å². The van der Waals surface area contributed by atoms with Crippen LogP contribution in [0.1, 0.15) is 30.9 Å². The van der Waals surface area contributed by atoms with Gasteiger partial charge >= 0.3 is 0 Å². The first-order chi connectivity index (χ1) is 8.70. The number of benzene rings is 1. The summed E-state index contributed by atoms with van der Waals surface area (Å²) in [5.74, 6) is 0. The van der Waals surface area contributed by atoms with E-state index in [1.165, 1.54) is 41.5 Å². The molecule has 1 N–H and O–H groups in total. The van der Waals surface area contributed by atoms with Gasteiger partial charge in [-0.3, -0.25) is 4.90 Å². The highest BCUT2D eigenvalue weighted by atomic mass is 79.9. The van der Waals surface area contributed by atoms with E-state index in [2.05, 4.69) is 58.2 Å². The number of rotatable bonds is 7. The lowest BCUT2D eigenvalue weighted by atomic mass is 10.1. The summed E-state index contributed by atoms with van der Waals surface area (Å²) >= 11 is 3.62. The number of aryl methyl sites for hydroxylation is 1. The number of nitrogens with one attached hydrogen (secondary N) is 1. The summed E-state index contributed by atoms with van der Waals surface area (Å²) in [6, 6.07) is 7.43. The van der Waals surface area contributed by atoms with E-state index in [0.29, 0.717) is 0 Å². The first-order valence-corrected chi connectivity index (χ1v) is 7.69. The lowest BCUT2D eigenvalue weighted by molar-refractivity contribution is 0.277. The van der Waals surface area contributed by atoms with Crippen molar-refractivity contribution in [2.24, 2.45) is 0 Å². The maximum absolute atomic E-state index is 3.62. The van der Waals surface area contributed by atoms with Crippen molar-refractivity contribution < 1.29 is 0 Å². The zero-order valence-electron chi connectivity index (χ0n) is 11.4. The normalized spacial score (nSPS) is 15.3. The third-order valence-electron chi connectivity index (χ3n) is 3.57. The van der Waals surface area contributed by atoms with E-state index < -0.39 is 0 Å². The van der Waals surface area contributed by atoms with Crippen LogP contribution in [0.5, 0.6) is 0 Å². The minimum absolute atomic E-state index is 0.878. The third kappa shape index (κ3) is 4.08. The molecule has 0 spiro atoms. The van der Waals surface area contributed by atoms with Crippen molar-refractivity contribution in [1.29, 1.82) is 0 Å². The number of nitrogens with zero attached hydrogens (tertiary/aromatic N) is 1. The Balaban J connectivity index is 1.71. The fourth-order valence-corrected chi connectivity index (χ4v) is 2.91. The standard InChI is InChI=1S/C15H23BrN2/c1-3-18(14-6-7-14)9-8-17-11-13-5-4-12(2)10-15(13)16/h4-5,10,14,17H,3,6-9,11H2,1-2H3. The molecule has 0 unspecified atom stereocenters. The quantitative estimate of drug-likeness (QED) is 0.777. The van der Waals surface area contributed by atoms with Crippen LogP contribution in [0, 0.1) is 6.92 Å². The molecule has 0 aromatic heterocycles. The van der Waals surface area contributed by atoms with Gasteiger partial charge in [0.05, 0.1) is 0 Å². The molecule has 0 bridgehead atoms. The Morgan fingerprint density at radius 1 is 1.39 bits per heavy atom. The van der Waals surface area contributed by atoms with E-state index in [4.69, 9.17) is 0 Å². The van der Waals surface area contributed by atoms with Gasteiger partial charge < -0.3 is 5.32 Å². The molecule has 1 aliphatic rings. The van der Waals surface area contributed by atoms with Crippen LogP contribution < -0.4 is 5.32 Å². The van der Waals surface area contributed by atoms with Crippen molar-refractivity contribution in [2.45, 2.75) is 39.3 Å². The third-order valence-corrected chi connectivity index (χ3v) is 4.31. The molecule has 2 rings (SSSR count). The van der Waals surface area contributed by atoms with Crippen molar-refractivity contribution in [3.63, 3.8) is 0 Å². The molecule has 0 amide bonds. The monoisotopic (exact) mass is 310 g/mol. The Morgan fingerprint density at radius 2 is 2.17 bits per heavy atom. The minimum Gasteiger partial charge on any atom is -0.311 e. The van der Waals surface area contributed by atoms with Gasteiger partial charge in [0.15, 0.2) is 0 Å². The second kappa shape index (κ2) is 6.69. The van der Waals surface area contributed by atoms with Crippen LogP contribution in [0.2, 0.25) is 0 Å². The van der Waals surface area contributed by atoms with Crippen LogP contribution >= 0.6 is 15.9 Å². The zero-order valence-corrected chi connectivity index (χ0v) is 13.0. The number of hydrogen-bond acceptors (Lipinski definition) is 2. The molecule has 2 nitrogen and oxygen atoms in total. The van der Waals surface area contributed by atoms with Gasteiger partial charge in [-0.1, -0.05) is 35.0 Å². The molecule has 1 aliphatic carbocycles. The van der Waals surface area contributed by atoms with Crippen LogP contribution in [0.4, 0.5) is 0 Å². The maximum Gasteiger partial charge on any atom is 0.0222 e. The van der Waals surface area contributed by atoms with E-state index in [-0.39, 0.29) is 0 Å². The SMILES string of the molecule is CCN(CCNCc1ccc(C)cc1Br)C1CC1. The maximum atomic E-state index is 3.62. The second-order valence-corrected chi connectivity index (χ2v) is 5.99. The summed E-state index contributed by atoms with van der Waals surface area (Å²) in [4.78, 5) is 2.58. The van der Waals surface area contributed by atoms with Crippen LogP contribution in [-0.4, -0.2) is 30.6 Å². The average molecular weight is 311 g/mol. The molecular formula is C15H23BrN2. The second-order valence-electron chi connectivity index (χ2n) is 5.13. The summed E-state index contributed by atoms with van der Waals surface area (Å²) < 4.78 is 1.21. The average Bonchev–Trinajstić information content (AvgIpc) is 3.16. The first kappa shape index (κ1) is 14.0. The van der Waals surface area contributed by atoms with Gasteiger partial charge in [-0.25, -0.2) is 0 Å². The molecule has 18 heavy (non-hydrogen) atoms. The Labute approximate surface area is 119 Å². The van der Waals surface area contributed by atoms with Crippen molar-refractivity contribution in [2.75, 3.05) is 19.6 Å². The number of likely N-dealkylation sites (N-methyl/N-ethyl adjacent to an activating group) is 1. The Bertz CT molecular complexity index is 388. The number of hydrogen-bond donors (Lipinski definition) is 1. The van der Waals surface area contributed by atoms with E-state index in [9.17, 15) is 0 Å². The van der Waals surface area contributed by atoms with Crippen molar-refractivity contribution in [3.05, 3.63) is 33.8 Å². The fourth-order valence-electron chi connectivity index (χ4n) is 2.28. The molecule has 0 aliphatic heterocycles. The van der Waals surface area contributed by atoms with Crippen LogP contribution in [0.25, 0.3) is 0 Å². The van der Waals surface area contributed by atoms with Crippen molar-refractivity contribution in [3.8, 4) is 0 Å². The summed E-state index contributed by atoms with van der Waals surface area (Å²) in [6.07, 6.45) is 2.80. The molecule has 1 aromatic carbocycles. The van der Waals surface area contributed by atoms with Crippen molar-refractivity contribution in [1.82, 2.24) is 10.2 Å². The van der Waals surface area contributed by atoms with E-state index in [1.54, 1.807) is 0 Å². The first-order valence-electron chi connectivity index (χ1n) is 6.90. The largest absolute Gasteiger partial charge is 0.311 e. The minimum atomic E-state index is 0.878. The predicted octanol–water partition coefficient (Wildman–Crippen LogP) is 3.33. The predicted molar refractivity (Wildman–Crippen MR) is 80.9 cm³/mol. The van der Waals surface area contributed by atoms with Gasteiger partial charge in [-0.05, 0) is 43.5 Å². The molecule has 0 radical (unpaired) electrons. The highest BCUT2D eigenvalue weighted by Gasteiger charge is 2.26. The van der Waals surface area contributed by atoms with Crippen molar-refractivity contribution >= 4 is 15.9 Å².